The van der Waals surface area contributed by atoms with Gasteiger partial charge in [0.05, 0.1) is 30.4 Å². The van der Waals surface area contributed by atoms with Gasteiger partial charge in [0.15, 0.2) is 0 Å². The van der Waals surface area contributed by atoms with Gasteiger partial charge in [0.2, 0.25) is 5.88 Å². The molecule has 3 aromatic rings. The van der Waals surface area contributed by atoms with Crippen molar-refractivity contribution in [2.45, 2.75) is 45.6 Å². The van der Waals surface area contributed by atoms with Gasteiger partial charge < -0.3 is 20.1 Å². The highest BCUT2D eigenvalue weighted by Gasteiger charge is 2.58. The van der Waals surface area contributed by atoms with Crippen LogP contribution < -0.4 is 10.5 Å². The molecule has 0 unspecified atom stereocenters. The van der Waals surface area contributed by atoms with Crippen LogP contribution in [0.2, 0.25) is 5.02 Å². The molecule has 5 rings (SSSR count). The quantitative estimate of drug-likeness (QED) is 0.262. The molecule has 2 aliphatic rings. The van der Waals surface area contributed by atoms with Crippen LogP contribution in [0.3, 0.4) is 0 Å². The van der Waals surface area contributed by atoms with Gasteiger partial charge in [-0.05, 0) is 74.8 Å². The van der Waals surface area contributed by atoms with Crippen molar-refractivity contribution in [1.82, 2.24) is 9.88 Å². The normalized spacial score (nSPS) is 22.2. The summed E-state index contributed by atoms with van der Waals surface area (Å²) in [5.41, 5.74) is 12.4. The van der Waals surface area contributed by atoms with E-state index < -0.39 is 0 Å². The van der Waals surface area contributed by atoms with Crippen molar-refractivity contribution >= 4 is 23.3 Å². The Morgan fingerprint density at radius 1 is 1.03 bits per heavy atom. The average molecular weight is 534 g/mol. The molecule has 200 valence electrons. The van der Waals surface area contributed by atoms with Crippen molar-refractivity contribution in [2.75, 3.05) is 33.5 Å². The number of nitrogens with two attached hydrogens (primary N) is 1. The van der Waals surface area contributed by atoms with Crippen LogP contribution >= 0.6 is 11.6 Å². The van der Waals surface area contributed by atoms with Gasteiger partial charge in [-0.3, -0.25) is 4.79 Å². The summed E-state index contributed by atoms with van der Waals surface area (Å²) in [6, 6.07) is 15.9. The number of pyridine rings is 1. The second-order valence-corrected chi connectivity index (χ2v) is 11.6. The van der Waals surface area contributed by atoms with E-state index in [0.29, 0.717) is 17.4 Å². The number of fused-ring (bicyclic) bond motifs is 2. The number of anilines is 1. The number of rotatable bonds is 8. The third kappa shape index (κ3) is 4.65. The Morgan fingerprint density at radius 2 is 1.71 bits per heavy atom. The second-order valence-electron chi connectivity index (χ2n) is 11.2. The summed E-state index contributed by atoms with van der Waals surface area (Å²) < 4.78 is 10.9. The molecular formula is C31H36ClN3O3. The van der Waals surface area contributed by atoms with Crippen LogP contribution in [0.1, 0.15) is 43.2 Å². The van der Waals surface area contributed by atoms with E-state index in [-0.39, 0.29) is 16.8 Å². The number of carbonyl (C=O) groups excluding carboxylic acids is 1. The number of esters is 1. The molecule has 1 heterocycles. The number of methoxy groups -OCH3 is 2. The van der Waals surface area contributed by atoms with Crippen LogP contribution in [0.4, 0.5) is 5.69 Å². The number of aromatic nitrogens is 1. The first-order valence-electron chi connectivity index (χ1n) is 13.2. The zero-order chi connectivity index (χ0) is 27.1. The van der Waals surface area contributed by atoms with Gasteiger partial charge in [-0.25, -0.2) is 4.98 Å². The molecular weight excluding hydrogens is 498 g/mol. The zero-order valence-corrected chi connectivity index (χ0v) is 23.4. The number of nitrogen functional groups attached to an aromatic ring is 1. The summed E-state index contributed by atoms with van der Waals surface area (Å²) in [6.45, 7) is 3.65. The molecule has 0 aliphatic heterocycles. The number of nitrogens with zero attached hydrogens (tertiary/aromatic N) is 2. The van der Waals surface area contributed by atoms with E-state index in [2.05, 4.69) is 18.0 Å². The molecule has 2 fully saturated rings. The minimum Gasteiger partial charge on any atom is -0.481 e. The summed E-state index contributed by atoms with van der Waals surface area (Å²) in [5.74, 6) is 0.560. The summed E-state index contributed by atoms with van der Waals surface area (Å²) >= 11 is 6.93. The van der Waals surface area contributed by atoms with Crippen molar-refractivity contribution in [1.29, 1.82) is 0 Å². The predicted octanol–water partition coefficient (Wildman–Crippen LogP) is 6.52. The highest BCUT2D eigenvalue weighted by Crippen LogP contribution is 2.62. The lowest BCUT2D eigenvalue weighted by Gasteiger charge is -2.32. The van der Waals surface area contributed by atoms with Crippen molar-refractivity contribution in [3.05, 3.63) is 64.7 Å². The fourth-order valence-electron chi connectivity index (χ4n) is 6.76. The molecule has 0 saturated heterocycles. The number of halogens is 1. The molecule has 1 aromatic heterocycles. The Hall–Kier alpha value is -3.09. The minimum absolute atomic E-state index is 0.0328. The van der Waals surface area contributed by atoms with E-state index in [1.807, 2.05) is 49.4 Å². The summed E-state index contributed by atoms with van der Waals surface area (Å²) in [6.07, 6.45) is 4.93. The van der Waals surface area contributed by atoms with Crippen LogP contribution in [0.5, 0.6) is 5.88 Å². The maximum Gasteiger partial charge on any atom is 0.311 e. The summed E-state index contributed by atoms with van der Waals surface area (Å²) in [7, 11) is 5.29. The van der Waals surface area contributed by atoms with Gasteiger partial charge >= 0.3 is 5.97 Å². The van der Waals surface area contributed by atoms with E-state index in [1.54, 1.807) is 7.11 Å². The largest absolute Gasteiger partial charge is 0.481 e. The lowest BCUT2D eigenvalue weighted by atomic mass is 9.82. The fraction of sp³-hybridized carbons (Fsp3) is 0.419. The summed E-state index contributed by atoms with van der Waals surface area (Å²) in [5, 5.41) is 0.635. The van der Waals surface area contributed by atoms with E-state index >= 15 is 0 Å². The topological polar surface area (TPSA) is 77.7 Å². The number of carbonyl (C=O) groups is 1. The first kappa shape index (κ1) is 26.5. The monoisotopic (exact) mass is 533 g/mol. The molecule has 38 heavy (non-hydrogen) atoms. The first-order chi connectivity index (χ1) is 18.2. The van der Waals surface area contributed by atoms with Crippen LogP contribution in [0.25, 0.3) is 22.4 Å². The molecule has 0 radical (unpaired) electrons. The van der Waals surface area contributed by atoms with Crippen molar-refractivity contribution in [2.24, 2.45) is 10.8 Å². The number of ether oxygens (including phenoxy) is 2. The lowest BCUT2D eigenvalue weighted by molar-refractivity contribution is -0.152. The third-order valence-corrected chi connectivity index (χ3v) is 9.13. The van der Waals surface area contributed by atoms with E-state index in [1.165, 1.54) is 7.11 Å². The predicted molar refractivity (Wildman–Crippen MR) is 152 cm³/mol. The highest BCUT2D eigenvalue weighted by atomic mass is 35.5. The van der Waals surface area contributed by atoms with Crippen molar-refractivity contribution in [3.63, 3.8) is 0 Å². The summed E-state index contributed by atoms with van der Waals surface area (Å²) in [4.78, 5) is 19.6. The van der Waals surface area contributed by atoms with Gasteiger partial charge in [-0.15, -0.1) is 0 Å². The standard InChI is InChI=1S/C31H36ClN3O3/c1-20-22(7-6-10-25(20)33)23-8-5-9-24(27(23)32)26-12-11-21(28(34-26)37-3)17-35(2)19-30-13-15-31(18-30,16-14-30)29(36)38-4/h5-12H,13-19,33H2,1-4H3. The third-order valence-electron chi connectivity index (χ3n) is 8.72. The second kappa shape index (κ2) is 10.2. The fourth-order valence-corrected chi connectivity index (χ4v) is 7.08. The molecule has 0 amide bonds. The Kier molecular flexibility index (Phi) is 7.14. The van der Waals surface area contributed by atoms with Crippen molar-refractivity contribution in [3.8, 4) is 28.3 Å². The SMILES string of the molecule is COC(=O)C12CCC(CN(C)Cc3ccc(-c4cccc(-c5cccc(N)c5C)c4Cl)nc3OC)(CC1)C2. The molecule has 2 saturated carbocycles. The molecule has 6 nitrogen and oxygen atoms in total. The van der Waals surface area contributed by atoms with Crippen LogP contribution in [0, 0.1) is 17.8 Å². The zero-order valence-electron chi connectivity index (χ0n) is 22.6. The molecule has 0 spiro atoms. The number of hydrogen-bond donors (Lipinski definition) is 1. The van der Waals surface area contributed by atoms with Crippen LogP contribution in [-0.2, 0) is 16.1 Å². The smallest absolute Gasteiger partial charge is 0.311 e. The molecule has 2 aromatic carbocycles. The average Bonchev–Trinajstić information content (AvgIpc) is 3.47. The Labute approximate surface area is 230 Å². The van der Waals surface area contributed by atoms with Gasteiger partial charge in [0, 0.05) is 35.5 Å². The minimum atomic E-state index is -0.270. The Bertz CT molecular complexity index is 1360. The molecule has 2 aliphatic carbocycles. The maximum atomic E-state index is 12.4. The molecule has 2 bridgehead atoms. The van der Waals surface area contributed by atoms with Gasteiger partial charge in [0.25, 0.3) is 0 Å². The maximum absolute atomic E-state index is 12.4. The number of benzene rings is 2. The van der Waals surface area contributed by atoms with E-state index in [9.17, 15) is 4.79 Å². The van der Waals surface area contributed by atoms with Gasteiger partial charge in [-0.1, -0.05) is 48.0 Å². The van der Waals surface area contributed by atoms with Gasteiger partial charge in [0.1, 0.15) is 0 Å². The lowest BCUT2D eigenvalue weighted by Crippen LogP contribution is -2.32. The molecule has 7 heteroatoms. The van der Waals surface area contributed by atoms with Crippen molar-refractivity contribution < 1.29 is 14.3 Å². The highest BCUT2D eigenvalue weighted by molar-refractivity contribution is 6.36. The van der Waals surface area contributed by atoms with Crippen LogP contribution in [-0.4, -0.2) is 43.7 Å². The van der Waals surface area contributed by atoms with E-state index in [0.717, 1.165) is 77.8 Å². The Morgan fingerprint density at radius 3 is 2.42 bits per heavy atom. The Balaban J connectivity index is 1.36. The number of hydrogen-bond acceptors (Lipinski definition) is 6. The first-order valence-corrected chi connectivity index (χ1v) is 13.5. The van der Waals surface area contributed by atoms with Crippen LogP contribution in [0.15, 0.2) is 48.5 Å². The molecule has 0 atom stereocenters. The van der Waals surface area contributed by atoms with E-state index in [4.69, 9.17) is 31.8 Å². The molecule has 2 N–H and O–H groups in total. The van der Waals surface area contributed by atoms with Gasteiger partial charge in [-0.2, -0.15) is 0 Å².